The summed E-state index contributed by atoms with van der Waals surface area (Å²) in [6.07, 6.45) is 8.13. The van der Waals surface area contributed by atoms with E-state index in [0.29, 0.717) is 51.1 Å². The number of nitrogens with zero attached hydrogens (tertiary/aromatic N) is 6. The molecule has 0 spiro atoms. The Morgan fingerprint density at radius 1 is 1.23 bits per heavy atom. The van der Waals surface area contributed by atoms with E-state index in [0.717, 1.165) is 29.8 Å². The Bertz CT molecular complexity index is 1680. The van der Waals surface area contributed by atoms with Gasteiger partial charge >= 0.3 is 0 Å². The maximum atomic E-state index is 13.8. The van der Waals surface area contributed by atoms with Gasteiger partial charge in [-0.2, -0.15) is 5.26 Å². The van der Waals surface area contributed by atoms with E-state index in [-0.39, 0.29) is 5.82 Å². The minimum absolute atomic E-state index is 0.319. The third-order valence-corrected chi connectivity index (χ3v) is 8.06. The number of fused-ring (bicyclic) bond motifs is 1. The van der Waals surface area contributed by atoms with Crippen LogP contribution in [0, 0.1) is 17.1 Å². The Balaban J connectivity index is 1.40. The zero-order chi connectivity index (χ0) is 27.0. The second-order valence-corrected chi connectivity index (χ2v) is 11.1. The molecule has 1 aliphatic carbocycles. The first kappa shape index (κ1) is 25.3. The maximum Gasteiger partial charge on any atom is 0.148 e. The third kappa shape index (κ3) is 5.05. The molecule has 0 amide bonds. The molecule has 0 aliphatic heterocycles. The van der Waals surface area contributed by atoms with Crippen molar-refractivity contribution in [3.63, 3.8) is 0 Å². The molecule has 2 aromatic carbocycles. The molecule has 1 fully saturated rings. The van der Waals surface area contributed by atoms with E-state index in [1.807, 2.05) is 30.2 Å². The van der Waals surface area contributed by atoms with E-state index >= 15 is 0 Å². The second-order valence-electron chi connectivity index (χ2n) is 9.69. The molecule has 8 nitrogen and oxygen atoms in total. The van der Waals surface area contributed by atoms with E-state index in [1.54, 1.807) is 35.7 Å². The molecule has 0 saturated heterocycles. The number of rotatable bonds is 9. The van der Waals surface area contributed by atoms with Crippen LogP contribution < -0.4 is 10.6 Å². The number of halogens is 2. The molecular formula is C27H23BClFN8S. The van der Waals surface area contributed by atoms with Crippen LogP contribution in [0.5, 0.6) is 0 Å². The molecule has 3 heterocycles. The molecule has 1 saturated carbocycles. The molecule has 0 radical (unpaired) electrons. The van der Waals surface area contributed by atoms with E-state index in [9.17, 15) is 9.65 Å². The van der Waals surface area contributed by atoms with Crippen LogP contribution >= 0.6 is 22.9 Å². The van der Waals surface area contributed by atoms with Gasteiger partial charge in [-0.05, 0) is 42.7 Å². The van der Waals surface area contributed by atoms with Crippen molar-refractivity contribution in [1.82, 2.24) is 25.0 Å². The molecule has 3 aromatic heterocycles. The minimum Gasteiger partial charge on any atom is -0.383 e. The number of benzene rings is 2. The average Bonchev–Trinajstić information content (AvgIpc) is 3.41. The van der Waals surface area contributed by atoms with E-state index in [1.165, 1.54) is 18.3 Å². The predicted octanol–water partition coefficient (Wildman–Crippen LogP) is 4.88. The van der Waals surface area contributed by atoms with Crippen molar-refractivity contribution < 1.29 is 4.39 Å². The van der Waals surface area contributed by atoms with Crippen molar-refractivity contribution in [1.29, 1.82) is 5.26 Å². The monoisotopic (exact) mass is 556 g/mol. The van der Waals surface area contributed by atoms with Crippen LogP contribution in [0.15, 0.2) is 60.4 Å². The van der Waals surface area contributed by atoms with Crippen molar-refractivity contribution in [3.05, 3.63) is 93.0 Å². The Kier molecular flexibility index (Phi) is 6.67. The van der Waals surface area contributed by atoms with E-state index in [4.69, 9.17) is 11.6 Å². The van der Waals surface area contributed by atoms with Gasteiger partial charge in [0.1, 0.15) is 25.4 Å². The highest BCUT2D eigenvalue weighted by atomic mass is 35.5. The van der Waals surface area contributed by atoms with Crippen LogP contribution in [-0.4, -0.2) is 39.4 Å². The van der Waals surface area contributed by atoms with Crippen LogP contribution in [0.2, 0.25) is 5.02 Å². The van der Waals surface area contributed by atoms with Gasteiger partial charge in [0.2, 0.25) is 0 Å². The van der Waals surface area contributed by atoms with Crippen molar-refractivity contribution in [2.75, 3.05) is 17.2 Å². The summed E-state index contributed by atoms with van der Waals surface area (Å²) in [4.78, 5) is 8.80. The molecule has 1 atom stereocenters. The van der Waals surface area contributed by atoms with Crippen molar-refractivity contribution in [2.45, 2.75) is 30.7 Å². The lowest BCUT2D eigenvalue weighted by Gasteiger charge is -2.31. The summed E-state index contributed by atoms with van der Waals surface area (Å²) in [7, 11) is 1.98. The van der Waals surface area contributed by atoms with E-state index < -0.39 is 5.44 Å². The van der Waals surface area contributed by atoms with Crippen molar-refractivity contribution in [2.24, 2.45) is 0 Å². The number of nitriles is 1. The topological polar surface area (TPSA) is 104 Å². The van der Waals surface area contributed by atoms with Crippen molar-refractivity contribution >= 4 is 53.1 Å². The van der Waals surface area contributed by atoms with Gasteiger partial charge in [0, 0.05) is 41.8 Å². The molecule has 1 aliphatic rings. The number of aromatic nitrogens is 5. The van der Waals surface area contributed by atoms with Crippen LogP contribution in [0.25, 0.3) is 10.9 Å². The normalized spacial score (nSPS) is 14.6. The van der Waals surface area contributed by atoms with Gasteiger partial charge in [-0.1, -0.05) is 28.9 Å². The molecule has 194 valence electrons. The molecule has 0 bridgehead atoms. The fraction of sp³-hybridized carbons (Fsp3) is 0.222. The average molecular weight is 557 g/mol. The minimum atomic E-state index is -0.851. The highest BCUT2D eigenvalue weighted by molar-refractivity contribution is 7.09. The second kappa shape index (κ2) is 10.3. The first-order chi connectivity index (χ1) is 18.9. The van der Waals surface area contributed by atoms with Crippen LogP contribution in [0.3, 0.4) is 0 Å². The Morgan fingerprint density at radius 2 is 2.05 bits per heavy atom. The molecule has 1 unspecified atom stereocenters. The zero-order valence-electron chi connectivity index (χ0n) is 21.0. The lowest BCUT2D eigenvalue weighted by Crippen LogP contribution is -2.37. The first-order valence-corrected chi connectivity index (χ1v) is 13.8. The van der Waals surface area contributed by atoms with Crippen LogP contribution in [-0.2, 0) is 11.9 Å². The highest BCUT2D eigenvalue weighted by Gasteiger charge is 2.34. The fourth-order valence-electron chi connectivity index (χ4n) is 4.66. The van der Waals surface area contributed by atoms with Gasteiger partial charge < -0.3 is 10.6 Å². The first-order valence-electron chi connectivity index (χ1n) is 12.6. The summed E-state index contributed by atoms with van der Waals surface area (Å²) in [6.45, 7) is 0.591. The standard InChI is InChI=1S/C27H23BClFN8S/c28-27(17-1-3-18(30)4-2-17,23-15-38(37-36-23)20-5-6-20)35-19-11-21-25(33-8-7-24-32-9-10-39-24)16(13-31)14-34-26(21)22(29)12-19/h1-4,9-12,14-15,20,35H,5-8,28H2,(H,33,34). The predicted molar refractivity (Wildman–Crippen MR) is 153 cm³/mol. The summed E-state index contributed by atoms with van der Waals surface area (Å²) in [6, 6.07) is 12.7. The van der Waals surface area contributed by atoms with Gasteiger partial charge in [0.05, 0.1) is 44.5 Å². The number of nitrogens with one attached hydrogen (secondary N) is 2. The maximum absolute atomic E-state index is 13.8. The molecular weight excluding hydrogens is 534 g/mol. The lowest BCUT2D eigenvalue weighted by molar-refractivity contribution is 0.610. The SMILES string of the molecule is BC(Nc1cc(Cl)c2ncc(C#N)c(NCCc3nccs3)c2c1)(c1ccc(F)cc1)c1cn(C2CC2)nn1. The molecule has 12 heteroatoms. The highest BCUT2D eigenvalue weighted by Crippen LogP contribution is 2.38. The van der Waals surface area contributed by atoms with Crippen molar-refractivity contribution in [3.8, 4) is 6.07 Å². The molecule has 6 rings (SSSR count). The largest absolute Gasteiger partial charge is 0.383 e. The summed E-state index contributed by atoms with van der Waals surface area (Å²) in [5, 5.41) is 29.8. The Morgan fingerprint density at radius 3 is 2.77 bits per heavy atom. The number of hydrogen-bond donors (Lipinski definition) is 2. The summed E-state index contributed by atoms with van der Waals surface area (Å²) in [5.41, 5.74) is 3.02. The number of pyridine rings is 1. The Hall–Kier alpha value is -4.01. The lowest BCUT2D eigenvalue weighted by atomic mass is 9.69. The summed E-state index contributed by atoms with van der Waals surface area (Å²) in [5.74, 6) is -0.319. The van der Waals surface area contributed by atoms with Gasteiger partial charge in [-0.15, -0.1) is 16.4 Å². The van der Waals surface area contributed by atoms with Gasteiger partial charge in [-0.25, -0.2) is 14.1 Å². The molecule has 39 heavy (non-hydrogen) atoms. The zero-order valence-corrected chi connectivity index (χ0v) is 22.6. The number of hydrogen-bond acceptors (Lipinski definition) is 8. The quantitative estimate of drug-likeness (QED) is 0.249. The number of anilines is 2. The fourth-order valence-corrected chi connectivity index (χ4v) is 5.55. The third-order valence-electron chi connectivity index (χ3n) is 6.93. The van der Waals surface area contributed by atoms with E-state index in [2.05, 4.69) is 37.0 Å². The van der Waals surface area contributed by atoms with Crippen LogP contribution in [0.1, 0.15) is 40.7 Å². The Labute approximate surface area is 234 Å². The van der Waals surface area contributed by atoms with Gasteiger partial charge in [0.15, 0.2) is 0 Å². The number of thiazole rings is 1. The molecule has 5 aromatic rings. The van der Waals surface area contributed by atoms with Crippen LogP contribution in [0.4, 0.5) is 15.8 Å². The summed E-state index contributed by atoms with van der Waals surface area (Å²) < 4.78 is 15.7. The van der Waals surface area contributed by atoms with Gasteiger partial charge in [-0.3, -0.25) is 4.98 Å². The van der Waals surface area contributed by atoms with Gasteiger partial charge in [0.25, 0.3) is 0 Å². The summed E-state index contributed by atoms with van der Waals surface area (Å²) >= 11 is 8.33. The molecule has 2 N–H and O–H groups in total. The smallest absolute Gasteiger partial charge is 0.148 e.